The number of urea groups is 1. The lowest BCUT2D eigenvalue weighted by atomic mass is 9.92. The van der Waals surface area contributed by atoms with Crippen LogP contribution in [0, 0.1) is 0 Å². The van der Waals surface area contributed by atoms with Crippen LogP contribution in [0.5, 0.6) is 0 Å². The van der Waals surface area contributed by atoms with Crippen LogP contribution in [0.15, 0.2) is 48.5 Å². The van der Waals surface area contributed by atoms with Crippen LogP contribution in [0.3, 0.4) is 0 Å². The summed E-state index contributed by atoms with van der Waals surface area (Å²) in [6, 6.07) is 12.3. The van der Waals surface area contributed by atoms with Gasteiger partial charge in [0.15, 0.2) is 0 Å². The number of carbonyl (C=O) groups is 1. The van der Waals surface area contributed by atoms with Crippen LogP contribution in [-0.2, 0) is 12.7 Å². The minimum Gasteiger partial charge on any atom is -0.334 e. The lowest BCUT2D eigenvalue weighted by Crippen LogP contribution is -2.44. The Kier molecular flexibility index (Phi) is 6.18. The van der Waals surface area contributed by atoms with Crippen LogP contribution < -0.4 is 5.32 Å². The Morgan fingerprint density at radius 1 is 1.18 bits per heavy atom. The van der Waals surface area contributed by atoms with Crippen molar-refractivity contribution in [1.82, 2.24) is 10.2 Å². The molecule has 150 valence electrons. The topological polar surface area (TPSA) is 32.3 Å². The molecule has 2 amide bonds. The van der Waals surface area contributed by atoms with E-state index >= 15 is 0 Å². The molecule has 1 aliphatic carbocycles. The summed E-state index contributed by atoms with van der Waals surface area (Å²) in [4.78, 5) is 14.3. The molecule has 7 heteroatoms. The van der Waals surface area contributed by atoms with Gasteiger partial charge < -0.3 is 10.2 Å². The van der Waals surface area contributed by atoms with Gasteiger partial charge >= 0.3 is 12.2 Å². The van der Waals surface area contributed by atoms with E-state index in [1.165, 1.54) is 12.1 Å². The molecule has 3 nitrogen and oxygen atoms in total. The van der Waals surface area contributed by atoms with Crippen molar-refractivity contribution in [2.45, 2.75) is 43.9 Å². The molecule has 28 heavy (non-hydrogen) atoms. The number of halogens is 4. The Balaban J connectivity index is 1.65. The second kappa shape index (κ2) is 8.43. The molecule has 0 aliphatic heterocycles. The number of hydrogen-bond donors (Lipinski definition) is 1. The summed E-state index contributed by atoms with van der Waals surface area (Å²) in [7, 11) is 1.74. The maximum absolute atomic E-state index is 12.8. The number of rotatable bonds is 4. The number of carbonyl (C=O) groups excluding carboxylic acids is 1. The molecule has 2 unspecified atom stereocenters. The molecule has 1 N–H and O–H groups in total. The van der Waals surface area contributed by atoms with Gasteiger partial charge in [0.25, 0.3) is 0 Å². The molecule has 1 aliphatic rings. The monoisotopic (exact) mass is 410 g/mol. The molecule has 3 rings (SSSR count). The molecular formula is C21H22ClF3N2O. The highest BCUT2D eigenvalue weighted by molar-refractivity contribution is 6.30. The fraction of sp³-hybridized carbons (Fsp3) is 0.381. The predicted molar refractivity (Wildman–Crippen MR) is 103 cm³/mol. The fourth-order valence-corrected chi connectivity index (χ4v) is 4.02. The van der Waals surface area contributed by atoms with Gasteiger partial charge in [0, 0.05) is 30.6 Å². The zero-order valence-corrected chi connectivity index (χ0v) is 16.2. The van der Waals surface area contributed by atoms with Crippen LogP contribution in [0.25, 0.3) is 0 Å². The smallest absolute Gasteiger partial charge is 0.334 e. The highest BCUT2D eigenvalue weighted by atomic mass is 35.5. The second-order valence-corrected chi connectivity index (χ2v) is 7.56. The molecule has 2 atom stereocenters. The largest absolute Gasteiger partial charge is 0.416 e. The standard InChI is InChI=1S/C21H22ClF3N2O/c1-27(20(28)26-13-14-4-2-5-17(22)12-14)19-7-3-6-18(19)15-8-10-16(11-9-15)21(23,24)25/h2,4-5,8-12,18-19H,3,6-7,13H2,1H3,(H,26,28). The molecule has 2 aromatic carbocycles. The van der Waals surface area contributed by atoms with E-state index in [2.05, 4.69) is 5.32 Å². The van der Waals surface area contributed by atoms with Crippen molar-refractivity contribution in [2.24, 2.45) is 0 Å². The third-order valence-electron chi connectivity index (χ3n) is 5.30. The van der Waals surface area contributed by atoms with Crippen LogP contribution in [0.1, 0.15) is 41.9 Å². The number of alkyl halides is 3. The molecule has 1 saturated carbocycles. The Morgan fingerprint density at radius 3 is 2.54 bits per heavy atom. The fourth-order valence-electron chi connectivity index (χ4n) is 3.81. The van der Waals surface area contributed by atoms with Gasteiger partial charge in [0.1, 0.15) is 0 Å². The van der Waals surface area contributed by atoms with E-state index < -0.39 is 11.7 Å². The quantitative estimate of drug-likeness (QED) is 0.675. The van der Waals surface area contributed by atoms with Crippen molar-refractivity contribution in [3.05, 3.63) is 70.2 Å². The van der Waals surface area contributed by atoms with Crippen molar-refractivity contribution in [2.75, 3.05) is 7.05 Å². The summed E-state index contributed by atoms with van der Waals surface area (Å²) in [5.41, 5.74) is 1.09. The molecular weight excluding hydrogens is 389 g/mol. The van der Waals surface area contributed by atoms with Gasteiger partial charge in [-0.1, -0.05) is 42.3 Å². The summed E-state index contributed by atoms with van der Waals surface area (Å²) >= 11 is 5.96. The molecule has 0 radical (unpaired) electrons. The molecule has 2 aromatic rings. The van der Waals surface area contributed by atoms with Crippen molar-refractivity contribution < 1.29 is 18.0 Å². The Labute approximate surface area is 167 Å². The number of nitrogens with one attached hydrogen (secondary N) is 1. The lowest BCUT2D eigenvalue weighted by Gasteiger charge is -2.30. The van der Waals surface area contributed by atoms with Crippen molar-refractivity contribution in [3.63, 3.8) is 0 Å². The molecule has 0 spiro atoms. The van der Waals surface area contributed by atoms with E-state index in [0.29, 0.717) is 11.6 Å². The van der Waals surface area contributed by atoms with Gasteiger partial charge in [-0.05, 0) is 48.2 Å². The van der Waals surface area contributed by atoms with E-state index in [9.17, 15) is 18.0 Å². The first-order valence-electron chi connectivity index (χ1n) is 9.18. The second-order valence-electron chi connectivity index (χ2n) is 7.12. The zero-order valence-electron chi connectivity index (χ0n) is 15.5. The summed E-state index contributed by atoms with van der Waals surface area (Å²) in [6.45, 7) is 0.362. The Hall–Kier alpha value is -2.21. The van der Waals surface area contributed by atoms with Gasteiger partial charge in [0.2, 0.25) is 0 Å². The number of amides is 2. The highest BCUT2D eigenvalue weighted by Gasteiger charge is 2.35. The summed E-state index contributed by atoms with van der Waals surface area (Å²) in [5, 5.41) is 3.49. The van der Waals surface area contributed by atoms with Crippen LogP contribution in [0.2, 0.25) is 5.02 Å². The zero-order chi connectivity index (χ0) is 20.3. The minimum absolute atomic E-state index is 0.0317. The van der Waals surface area contributed by atoms with Gasteiger partial charge in [0.05, 0.1) is 5.56 Å². The van der Waals surface area contributed by atoms with E-state index in [1.54, 1.807) is 24.1 Å². The lowest BCUT2D eigenvalue weighted by molar-refractivity contribution is -0.137. The normalized spacial score (nSPS) is 19.5. The average molecular weight is 411 g/mol. The SMILES string of the molecule is CN(C(=O)NCc1cccc(Cl)c1)C1CCCC1c1ccc(C(F)(F)F)cc1. The molecule has 0 bridgehead atoms. The summed E-state index contributed by atoms with van der Waals surface area (Å²) < 4.78 is 38.4. The van der Waals surface area contributed by atoms with E-state index in [0.717, 1.165) is 42.5 Å². The van der Waals surface area contributed by atoms with Gasteiger partial charge in [-0.15, -0.1) is 0 Å². The number of nitrogens with zero attached hydrogens (tertiary/aromatic N) is 1. The van der Waals surface area contributed by atoms with Crippen molar-refractivity contribution >= 4 is 17.6 Å². The van der Waals surface area contributed by atoms with Crippen molar-refractivity contribution in [1.29, 1.82) is 0 Å². The highest BCUT2D eigenvalue weighted by Crippen LogP contribution is 2.38. The summed E-state index contributed by atoms with van der Waals surface area (Å²) in [6.07, 6.45) is -1.73. The van der Waals surface area contributed by atoms with Crippen LogP contribution >= 0.6 is 11.6 Å². The molecule has 0 saturated heterocycles. The maximum atomic E-state index is 12.8. The van der Waals surface area contributed by atoms with Crippen LogP contribution in [0.4, 0.5) is 18.0 Å². The van der Waals surface area contributed by atoms with Crippen molar-refractivity contribution in [3.8, 4) is 0 Å². The predicted octanol–water partition coefficient (Wildman–Crippen LogP) is 5.84. The number of benzene rings is 2. The van der Waals surface area contributed by atoms with E-state index in [4.69, 9.17) is 11.6 Å². The Morgan fingerprint density at radius 2 is 1.89 bits per heavy atom. The summed E-state index contributed by atoms with van der Waals surface area (Å²) in [5.74, 6) is 0.0317. The minimum atomic E-state index is -4.34. The molecule has 0 heterocycles. The number of hydrogen-bond acceptors (Lipinski definition) is 1. The third kappa shape index (κ3) is 4.79. The van der Waals surface area contributed by atoms with Crippen LogP contribution in [-0.4, -0.2) is 24.0 Å². The average Bonchev–Trinajstić information content (AvgIpc) is 3.14. The van der Waals surface area contributed by atoms with E-state index in [1.807, 2.05) is 12.1 Å². The van der Waals surface area contributed by atoms with E-state index in [-0.39, 0.29) is 18.0 Å². The van der Waals surface area contributed by atoms with Gasteiger partial charge in [-0.2, -0.15) is 13.2 Å². The first kappa shape index (κ1) is 20.5. The number of likely N-dealkylation sites (N-methyl/N-ethyl adjacent to an activating group) is 1. The first-order chi connectivity index (χ1) is 13.3. The molecule has 1 fully saturated rings. The molecule has 0 aromatic heterocycles. The van der Waals surface area contributed by atoms with Gasteiger partial charge in [-0.3, -0.25) is 0 Å². The maximum Gasteiger partial charge on any atom is 0.416 e. The Bertz CT molecular complexity index is 823. The third-order valence-corrected chi connectivity index (χ3v) is 5.53. The first-order valence-corrected chi connectivity index (χ1v) is 9.56. The van der Waals surface area contributed by atoms with Gasteiger partial charge in [-0.25, -0.2) is 4.79 Å².